The number of nitrogens with one attached hydrogen (secondary N) is 1. The van der Waals surface area contributed by atoms with E-state index in [1.54, 1.807) is 12.3 Å². The van der Waals surface area contributed by atoms with Crippen molar-refractivity contribution in [1.82, 2.24) is 15.1 Å². The number of para-hydroxylation sites is 1. The fourth-order valence-corrected chi connectivity index (χ4v) is 2.94. The Kier molecular flexibility index (Phi) is 4.28. The van der Waals surface area contributed by atoms with E-state index in [-0.39, 0.29) is 17.8 Å². The number of fused-ring (bicyclic) bond motifs is 1. The molecule has 1 aliphatic rings. The van der Waals surface area contributed by atoms with Crippen molar-refractivity contribution in [2.24, 2.45) is 0 Å². The van der Waals surface area contributed by atoms with Gasteiger partial charge in [0.15, 0.2) is 17.4 Å². The van der Waals surface area contributed by atoms with Gasteiger partial charge in [-0.25, -0.2) is 9.37 Å². The fraction of sp³-hybridized carbons (Fsp3) is 0.316. The van der Waals surface area contributed by atoms with E-state index < -0.39 is 0 Å². The molecule has 0 spiro atoms. The molecule has 6 nitrogen and oxygen atoms in total. The summed E-state index contributed by atoms with van der Waals surface area (Å²) >= 11 is 0. The zero-order chi connectivity index (χ0) is 18.1. The molecule has 0 amide bonds. The lowest BCUT2D eigenvalue weighted by Gasteiger charge is -2.27. The van der Waals surface area contributed by atoms with Crippen molar-refractivity contribution in [3.8, 4) is 17.2 Å². The van der Waals surface area contributed by atoms with Crippen molar-refractivity contribution in [2.45, 2.75) is 32.2 Å². The first-order valence-corrected chi connectivity index (χ1v) is 8.59. The molecule has 0 radical (unpaired) electrons. The molecular weight excluding hydrogens is 335 g/mol. The zero-order valence-electron chi connectivity index (χ0n) is 14.6. The summed E-state index contributed by atoms with van der Waals surface area (Å²) in [6, 6.07) is 8.55. The minimum Gasteiger partial charge on any atom is -0.490 e. The molecule has 1 atom stereocenters. The van der Waals surface area contributed by atoms with Crippen molar-refractivity contribution < 1.29 is 13.7 Å². The Balaban J connectivity index is 1.59. The number of ether oxygens (including phenoxy) is 1. The minimum atomic E-state index is -0.345. The summed E-state index contributed by atoms with van der Waals surface area (Å²) in [6.07, 6.45) is 2.41. The standard InChI is InChI=1S/C19H19FN4O2/c1-11(2)18-23-19(26-24-18)12-6-8-21-16(10-12)22-15-7-9-25-17-13(15)4-3-5-14(17)20/h3-6,8,10-11,15H,7,9H2,1-2H3,(H,21,22)/t15-/m0/s1. The Morgan fingerprint density at radius 3 is 2.96 bits per heavy atom. The molecule has 0 fully saturated rings. The van der Waals surface area contributed by atoms with E-state index in [0.29, 0.717) is 29.9 Å². The third-order valence-electron chi connectivity index (χ3n) is 4.31. The number of nitrogens with zero attached hydrogens (tertiary/aromatic N) is 3. The monoisotopic (exact) mass is 354 g/mol. The van der Waals surface area contributed by atoms with Crippen LogP contribution in [0.3, 0.4) is 0 Å². The van der Waals surface area contributed by atoms with Gasteiger partial charge in [0, 0.05) is 29.7 Å². The van der Waals surface area contributed by atoms with Crippen LogP contribution in [0.25, 0.3) is 11.5 Å². The molecule has 4 rings (SSSR count). The molecule has 7 heteroatoms. The lowest BCUT2D eigenvalue weighted by molar-refractivity contribution is 0.260. The molecule has 3 heterocycles. The van der Waals surface area contributed by atoms with Gasteiger partial charge in [0.2, 0.25) is 0 Å². The van der Waals surface area contributed by atoms with Gasteiger partial charge in [-0.2, -0.15) is 4.98 Å². The summed E-state index contributed by atoms with van der Waals surface area (Å²) in [5.74, 6) is 1.95. The first-order valence-electron chi connectivity index (χ1n) is 8.59. The normalized spacial score (nSPS) is 16.2. The summed E-state index contributed by atoms with van der Waals surface area (Å²) < 4.78 is 24.8. The Labute approximate surface area is 150 Å². The van der Waals surface area contributed by atoms with Crippen molar-refractivity contribution in [3.05, 3.63) is 53.7 Å². The van der Waals surface area contributed by atoms with E-state index in [1.807, 2.05) is 32.0 Å². The molecule has 0 saturated carbocycles. The predicted octanol–water partition coefficient (Wildman–Crippen LogP) is 4.33. The average Bonchev–Trinajstić information content (AvgIpc) is 3.13. The largest absolute Gasteiger partial charge is 0.490 e. The summed E-state index contributed by atoms with van der Waals surface area (Å²) in [6.45, 7) is 4.47. The third-order valence-corrected chi connectivity index (χ3v) is 4.31. The second-order valence-electron chi connectivity index (χ2n) is 6.53. The number of halogens is 1. The highest BCUT2D eigenvalue weighted by atomic mass is 19.1. The topological polar surface area (TPSA) is 73.1 Å². The van der Waals surface area contributed by atoms with Gasteiger partial charge in [-0.1, -0.05) is 31.1 Å². The number of pyridine rings is 1. The third kappa shape index (κ3) is 3.12. The van der Waals surface area contributed by atoms with E-state index in [9.17, 15) is 4.39 Å². The van der Waals surface area contributed by atoms with Gasteiger partial charge in [0.25, 0.3) is 5.89 Å². The molecule has 0 unspecified atom stereocenters. The van der Waals surface area contributed by atoms with Crippen LogP contribution >= 0.6 is 0 Å². The highest BCUT2D eigenvalue weighted by Crippen LogP contribution is 2.36. The van der Waals surface area contributed by atoms with Crippen LogP contribution in [-0.2, 0) is 0 Å². The number of rotatable bonds is 4. The number of hydrogen-bond donors (Lipinski definition) is 1. The second kappa shape index (κ2) is 6.74. The fourth-order valence-electron chi connectivity index (χ4n) is 2.94. The highest BCUT2D eigenvalue weighted by Gasteiger charge is 2.24. The van der Waals surface area contributed by atoms with Gasteiger partial charge in [0.1, 0.15) is 5.82 Å². The van der Waals surface area contributed by atoms with E-state index in [0.717, 1.165) is 17.5 Å². The van der Waals surface area contributed by atoms with Gasteiger partial charge in [-0.15, -0.1) is 0 Å². The Hall–Kier alpha value is -2.96. The van der Waals surface area contributed by atoms with E-state index >= 15 is 0 Å². The van der Waals surface area contributed by atoms with Crippen molar-refractivity contribution >= 4 is 5.82 Å². The molecule has 1 aliphatic heterocycles. The van der Waals surface area contributed by atoms with Crippen LogP contribution in [0.5, 0.6) is 5.75 Å². The number of hydrogen-bond acceptors (Lipinski definition) is 6. The summed E-state index contributed by atoms with van der Waals surface area (Å²) in [5, 5.41) is 7.35. The average molecular weight is 354 g/mol. The second-order valence-corrected chi connectivity index (χ2v) is 6.53. The molecule has 0 saturated heterocycles. The molecule has 134 valence electrons. The minimum absolute atomic E-state index is 0.0777. The summed E-state index contributed by atoms with van der Waals surface area (Å²) in [5.41, 5.74) is 1.58. The van der Waals surface area contributed by atoms with Crippen molar-refractivity contribution in [1.29, 1.82) is 0 Å². The predicted molar refractivity (Wildman–Crippen MR) is 94.5 cm³/mol. The lowest BCUT2D eigenvalue weighted by Crippen LogP contribution is -2.21. The Morgan fingerprint density at radius 1 is 1.27 bits per heavy atom. The van der Waals surface area contributed by atoms with Gasteiger partial charge in [-0.3, -0.25) is 0 Å². The van der Waals surface area contributed by atoms with Gasteiger partial charge in [0.05, 0.1) is 12.6 Å². The first kappa shape index (κ1) is 16.5. The Morgan fingerprint density at radius 2 is 2.15 bits per heavy atom. The van der Waals surface area contributed by atoms with Crippen LogP contribution in [0.15, 0.2) is 41.1 Å². The smallest absolute Gasteiger partial charge is 0.258 e. The quantitative estimate of drug-likeness (QED) is 0.752. The van der Waals surface area contributed by atoms with E-state index in [2.05, 4.69) is 20.4 Å². The van der Waals surface area contributed by atoms with Gasteiger partial charge in [-0.05, 0) is 18.2 Å². The number of anilines is 1. The van der Waals surface area contributed by atoms with Gasteiger partial charge < -0.3 is 14.6 Å². The maximum atomic E-state index is 13.9. The van der Waals surface area contributed by atoms with Gasteiger partial charge >= 0.3 is 0 Å². The molecule has 0 bridgehead atoms. The van der Waals surface area contributed by atoms with E-state index in [1.165, 1.54) is 6.07 Å². The summed E-state index contributed by atoms with van der Waals surface area (Å²) in [4.78, 5) is 8.77. The van der Waals surface area contributed by atoms with E-state index in [4.69, 9.17) is 9.26 Å². The number of aromatic nitrogens is 3. The van der Waals surface area contributed by atoms with Crippen LogP contribution in [0.2, 0.25) is 0 Å². The SMILES string of the molecule is CC(C)c1noc(-c2ccnc(N[C@H]3CCOc4c(F)cccc43)c2)n1. The molecule has 2 aromatic heterocycles. The highest BCUT2D eigenvalue weighted by molar-refractivity contribution is 5.58. The Bertz CT molecular complexity index is 925. The number of benzene rings is 1. The van der Waals surface area contributed by atoms with Crippen LogP contribution in [0, 0.1) is 5.82 Å². The molecule has 26 heavy (non-hydrogen) atoms. The lowest BCUT2D eigenvalue weighted by atomic mass is 10.0. The van der Waals surface area contributed by atoms with Crippen LogP contribution in [-0.4, -0.2) is 21.7 Å². The van der Waals surface area contributed by atoms with Crippen LogP contribution in [0.4, 0.5) is 10.2 Å². The maximum Gasteiger partial charge on any atom is 0.258 e. The zero-order valence-corrected chi connectivity index (χ0v) is 14.6. The maximum absolute atomic E-state index is 13.9. The molecule has 3 aromatic rings. The first-order chi connectivity index (χ1) is 12.6. The summed E-state index contributed by atoms with van der Waals surface area (Å²) in [7, 11) is 0. The molecular formula is C19H19FN4O2. The molecule has 1 N–H and O–H groups in total. The van der Waals surface area contributed by atoms with Crippen molar-refractivity contribution in [2.75, 3.05) is 11.9 Å². The van der Waals surface area contributed by atoms with Crippen molar-refractivity contribution in [3.63, 3.8) is 0 Å². The van der Waals surface area contributed by atoms with Crippen LogP contribution in [0.1, 0.15) is 43.6 Å². The molecule has 1 aromatic carbocycles. The molecule has 0 aliphatic carbocycles. The van der Waals surface area contributed by atoms with Crippen LogP contribution < -0.4 is 10.1 Å².